The second kappa shape index (κ2) is 7.77. The van der Waals surface area contributed by atoms with Crippen molar-refractivity contribution in [2.75, 3.05) is 11.9 Å². The molecule has 8 heteroatoms. The van der Waals surface area contributed by atoms with Gasteiger partial charge in [0.1, 0.15) is 17.1 Å². The van der Waals surface area contributed by atoms with Crippen molar-refractivity contribution in [3.63, 3.8) is 0 Å². The number of rotatable bonds is 3. The lowest BCUT2D eigenvalue weighted by Gasteiger charge is -2.40. The predicted octanol–water partition coefficient (Wildman–Crippen LogP) is 6.29. The summed E-state index contributed by atoms with van der Waals surface area (Å²) >= 11 is 16.0. The van der Waals surface area contributed by atoms with Crippen molar-refractivity contribution in [2.45, 2.75) is 49.6 Å². The highest BCUT2D eigenvalue weighted by Gasteiger charge is 2.69. The highest BCUT2D eigenvalue weighted by molar-refractivity contribution is 9.10. The zero-order valence-corrected chi connectivity index (χ0v) is 20.8. The van der Waals surface area contributed by atoms with Crippen LogP contribution in [0.2, 0.25) is 10.0 Å². The van der Waals surface area contributed by atoms with E-state index in [0.717, 1.165) is 31.2 Å². The number of benzene rings is 2. The quantitative estimate of drug-likeness (QED) is 0.456. The van der Waals surface area contributed by atoms with E-state index in [4.69, 9.17) is 23.2 Å². The van der Waals surface area contributed by atoms with Crippen molar-refractivity contribution < 1.29 is 14.0 Å². The fraction of sp³-hybridized carbons (Fsp3) is 0.440. The third kappa shape index (κ3) is 3.17. The molecule has 2 saturated carbocycles. The minimum absolute atomic E-state index is 0.0234. The zero-order valence-electron chi connectivity index (χ0n) is 17.7. The van der Waals surface area contributed by atoms with Crippen LogP contribution in [0.25, 0.3) is 0 Å². The van der Waals surface area contributed by atoms with Gasteiger partial charge in [-0.25, -0.2) is 4.39 Å². The van der Waals surface area contributed by atoms with Crippen LogP contribution in [-0.2, 0) is 15.1 Å². The Morgan fingerprint density at radius 1 is 1.15 bits per heavy atom. The summed E-state index contributed by atoms with van der Waals surface area (Å²) in [6.07, 6.45) is 4.24. The first kappa shape index (κ1) is 22.0. The zero-order chi connectivity index (χ0) is 23.1. The van der Waals surface area contributed by atoms with E-state index in [-0.39, 0.29) is 22.8 Å². The van der Waals surface area contributed by atoms with Gasteiger partial charge in [0.15, 0.2) is 0 Å². The summed E-state index contributed by atoms with van der Waals surface area (Å²) in [5.41, 5.74) is 0.519. The van der Waals surface area contributed by atoms with E-state index in [9.17, 15) is 9.59 Å². The predicted molar refractivity (Wildman–Crippen MR) is 129 cm³/mol. The number of halogens is 4. The number of hydrogen-bond acceptors (Lipinski definition) is 3. The summed E-state index contributed by atoms with van der Waals surface area (Å²) in [6, 6.07) is 8.44. The van der Waals surface area contributed by atoms with Crippen LogP contribution >= 0.6 is 39.1 Å². The molecule has 3 fully saturated rings. The molecule has 2 aromatic rings. The summed E-state index contributed by atoms with van der Waals surface area (Å²) in [7, 11) is 0. The number of amides is 1. The number of ketones is 1. The van der Waals surface area contributed by atoms with E-state index in [1.54, 1.807) is 18.2 Å². The first-order valence-corrected chi connectivity index (χ1v) is 12.9. The molecule has 0 radical (unpaired) electrons. The van der Waals surface area contributed by atoms with Gasteiger partial charge in [-0.2, -0.15) is 0 Å². The van der Waals surface area contributed by atoms with Gasteiger partial charge in [0, 0.05) is 51.6 Å². The lowest BCUT2D eigenvalue weighted by atomic mass is 9.68. The lowest BCUT2D eigenvalue weighted by molar-refractivity contribution is -0.128. The third-order valence-electron chi connectivity index (χ3n) is 7.87. The Hall–Kier alpha value is -1.47. The lowest BCUT2D eigenvalue weighted by Crippen LogP contribution is -2.52. The molecule has 33 heavy (non-hydrogen) atoms. The molecular weight excluding hydrogens is 530 g/mol. The van der Waals surface area contributed by atoms with Crippen molar-refractivity contribution in [2.24, 2.45) is 11.8 Å². The number of hydrogen-bond donors (Lipinski definition) is 1. The second-order valence-electron chi connectivity index (χ2n) is 9.73. The Morgan fingerprint density at radius 2 is 1.94 bits per heavy atom. The van der Waals surface area contributed by atoms with Gasteiger partial charge in [0.05, 0.1) is 5.02 Å². The fourth-order valence-corrected chi connectivity index (χ4v) is 7.47. The molecule has 4 atom stereocenters. The van der Waals surface area contributed by atoms with Crippen LogP contribution in [0.5, 0.6) is 0 Å². The Morgan fingerprint density at radius 3 is 2.70 bits per heavy atom. The summed E-state index contributed by atoms with van der Waals surface area (Å²) in [5.74, 6) is -1.37. The highest BCUT2D eigenvalue weighted by Crippen LogP contribution is 2.62. The van der Waals surface area contributed by atoms with E-state index in [1.165, 1.54) is 6.07 Å². The summed E-state index contributed by atoms with van der Waals surface area (Å²) in [4.78, 5) is 29.7. The average molecular weight is 552 g/mol. The van der Waals surface area contributed by atoms with E-state index in [0.29, 0.717) is 39.6 Å². The summed E-state index contributed by atoms with van der Waals surface area (Å²) in [6.45, 7) is 0.712. The molecule has 0 bridgehead atoms. The van der Waals surface area contributed by atoms with Crippen LogP contribution in [0.4, 0.5) is 10.1 Å². The van der Waals surface area contributed by atoms with Crippen LogP contribution in [0, 0.1) is 17.7 Å². The van der Waals surface area contributed by atoms with E-state index >= 15 is 4.39 Å². The molecule has 1 N–H and O–H groups in total. The summed E-state index contributed by atoms with van der Waals surface area (Å²) in [5, 5.41) is 3.51. The maximum Gasteiger partial charge on any atom is 0.250 e. The number of likely N-dealkylation sites (tertiary alicyclic amines) is 1. The van der Waals surface area contributed by atoms with Gasteiger partial charge in [-0.3, -0.25) is 14.5 Å². The molecule has 1 spiro atoms. The van der Waals surface area contributed by atoms with Crippen LogP contribution in [-0.4, -0.2) is 29.2 Å². The molecule has 2 heterocycles. The third-order valence-corrected chi connectivity index (χ3v) is 8.83. The monoisotopic (exact) mass is 550 g/mol. The Labute approximate surface area is 209 Å². The van der Waals surface area contributed by atoms with E-state index in [2.05, 4.69) is 26.1 Å². The molecule has 1 saturated heterocycles. The maximum absolute atomic E-state index is 15.7. The van der Waals surface area contributed by atoms with E-state index < -0.39 is 23.2 Å². The molecule has 4 aliphatic rings. The number of anilines is 1. The van der Waals surface area contributed by atoms with E-state index in [1.807, 2.05) is 6.07 Å². The Kier molecular flexibility index (Phi) is 5.19. The molecule has 1 amide bonds. The van der Waals surface area contributed by atoms with Crippen LogP contribution in [0.15, 0.2) is 34.8 Å². The van der Waals surface area contributed by atoms with Gasteiger partial charge < -0.3 is 5.32 Å². The molecule has 6 rings (SSSR count). The highest BCUT2D eigenvalue weighted by atomic mass is 79.9. The Bertz CT molecular complexity index is 1200. The largest absolute Gasteiger partial charge is 0.324 e. The molecule has 4 nitrogen and oxygen atoms in total. The average Bonchev–Trinajstić information content (AvgIpc) is 3.48. The molecule has 172 valence electrons. The van der Waals surface area contributed by atoms with Crippen LogP contribution in [0.1, 0.15) is 49.1 Å². The van der Waals surface area contributed by atoms with Gasteiger partial charge in [-0.15, -0.1) is 0 Å². The second-order valence-corrected chi connectivity index (χ2v) is 11.5. The first-order chi connectivity index (χ1) is 15.8. The van der Waals surface area contributed by atoms with Crippen molar-refractivity contribution in [3.05, 3.63) is 61.8 Å². The minimum Gasteiger partial charge on any atom is -0.324 e. The number of carbonyl (C=O) groups is 2. The first-order valence-electron chi connectivity index (χ1n) is 11.4. The SMILES string of the molecule is O=C1CCC[C@H]2[C@@H]1[C@H](c1cc(Br)cc(Cl)c1F)[C@]1(C(=O)Nc3cc(Cl)ccc31)N2CC1CC1. The van der Waals surface area contributed by atoms with Crippen molar-refractivity contribution in [1.29, 1.82) is 0 Å². The van der Waals surface area contributed by atoms with Gasteiger partial charge >= 0.3 is 0 Å². The number of nitrogens with zero attached hydrogens (tertiary/aromatic N) is 1. The van der Waals surface area contributed by atoms with Crippen molar-refractivity contribution >= 4 is 56.5 Å². The number of Topliss-reactive ketones (excluding diaryl/α,β-unsaturated/α-hetero) is 1. The smallest absolute Gasteiger partial charge is 0.250 e. The molecule has 2 aliphatic carbocycles. The van der Waals surface area contributed by atoms with Crippen molar-refractivity contribution in [3.8, 4) is 0 Å². The number of nitrogens with one attached hydrogen (secondary N) is 1. The number of carbonyl (C=O) groups excluding carboxylic acids is 2. The Balaban J connectivity index is 1.66. The van der Waals surface area contributed by atoms with Crippen molar-refractivity contribution in [1.82, 2.24) is 4.90 Å². The molecule has 2 aromatic carbocycles. The molecule has 0 unspecified atom stereocenters. The molecular formula is C25H22BrCl2FN2O2. The van der Waals surface area contributed by atoms with Gasteiger partial charge in [0.25, 0.3) is 0 Å². The molecule has 0 aromatic heterocycles. The van der Waals surface area contributed by atoms with Crippen LogP contribution in [0.3, 0.4) is 0 Å². The van der Waals surface area contributed by atoms with Crippen LogP contribution < -0.4 is 5.32 Å². The fourth-order valence-electron chi connectivity index (χ4n) is 6.47. The maximum atomic E-state index is 15.7. The minimum atomic E-state index is -1.19. The van der Waals surface area contributed by atoms with Gasteiger partial charge in [-0.05, 0) is 61.4 Å². The van der Waals surface area contributed by atoms with Gasteiger partial charge in [-0.1, -0.05) is 45.2 Å². The number of fused-ring (bicyclic) bond motifs is 3. The normalized spacial score (nSPS) is 31.1. The standard InChI is InChI=1S/C25H22BrCl2FN2O2/c26-13-8-15(23(29)17(28)9-13)22-21-19(2-1-3-20(21)32)31(11-12-4-5-12)25(22)16-7-6-14(27)10-18(16)30-24(25)33/h6-10,12,19,21-22H,1-5,11H2,(H,30,33)/t19-,21-,22-,25+/m0/s1. The topological polar surface area (TPSA) is 49.4 Å². The summed E-state index contributed by atoms with van der Waals surface area (Å²) < 4.78 is 16.3. The molecule has 2 aliphatic heterocycles. The van der Waals surface area contributed by atoms with Gasteiger partial charge in [0.2, 0.25) is 5.91 Å².